The van der Waals surface area contributed by atoms with E-state index < -0.39 is 5.82 Å². The predicted octanol–water partition coefficient (Wildman–Crippen LogP) is 3.09. The van der Waals surface area contributed by atoms with Crippen LogP contribution in [-0.4, -0.2) is 17.1 Å². The Balaban J connectivity index is 2.27. The maximum absolute atomic E-state index is 13.3. The fourth-order valence-corrected chi connectivity index (χ4v) is 1.68. The molecule has 3 nitrogen and oxygen atoms in total. The number of rotatable bonds is 2. The van der Waals surface area contributed by atoms with Crippen LogP contribution in [0.5, 0.6) is 0 Å². The molecule has 4 heteroatoms. The highest BCUT2D eigenvalue weighted by Gasteiger charge is 2.18. The zero-order valence-corrected chi connectivity index (χ0v) is 9.19. The Hall–Kier alpha value is -1.97. The summed E-state index contributed by atoms with van der Waals surface area (Å²) in [5.74, 6) is -0.553. The second-order valence-electron chi connectivity index (χ2n) is 3.85. The first-order valence-corrected chi connectivity index (χ1v) is 5.42. The van der Waals surface area contributed by atoms with Gasteiger partial charge in [-0.15, -0.1) is 0 Å². The number of aliphatic imine (C=N–C) groups is 1. The minimum absolute atomic E-state index is 0.0429. The number of allylic oxidation sites excluding steroid dienone is 2. The molecule has 0 heterocycles. The Labute approximate surface area is 98.3 Å². The van der Waals surface area contributed by atoms with E-state index in [4.69, 9.17) is 0 Å². The largest absolute Gasteiger partial charge is 0.512 e. The van der Waals surface area contributed by atoms with Gasteiger partial charge in [0.1, 0.15) is 11.6 Å². The maximum atomic E-state index is 13.3. The van der Waals surface area contributed by atoms with Gasteiger partial charge in [0.05, 0.1) is 11.3 Å². The van der Waals surface area contributed by atoms with Crippen molar-refractivity contribution in [2.75, 3.05) is 0 Å². The molecule has 0 atom stereocenters. The fourth-order valence-electron chi connectivity index (χ4n) is 1.68. The number of aliphatic hydroxyl groups is 1. The van der Waals surface area contributed by atoms with E-state index in [0.717, 1.165) is 0 Å². The lowest BCUT2D eigenvalue weighted by atomic mass is 9.97. The first-order valence-electron chi connectivity index (χ1n) is 5.42. The van der Waals surface area contributed by atoms with Gasteiger partial charge in [-0.3, -0.25) is 9.79 Å². The van der Waals surface area contributed by atoms with Gasteiger partial charge in [0, 0.05) is 19.1 Å². The molecule has 0 aromatic heterocycles. The Morgan fingerprint density at radius 1 is 1.29 bits per heavy atom. The molecular weight excluding hydrogens is 221 g/mol. The van der Waals surface area contributed by atoms with Gasteiger partial charge in [0.2, 0.25) is 0 Å². The van der Waals surface area contributed by atoms with Crippen molar-refractivity contribution in [2.24, 2.45) is 4.99 Å². The Morgan fingerprint density at radius 2 is 2.06 bits per heavy atom. The van der Waals surface area contributed by atoms with Crippen LogP contribution in [0.25, 0.3) is 0 Å². The summed E-state index contributed by atoms with van der Waals surface area (Å²) < 4.78 is 13.3. The highest BCUT2D eigenvalue weighted by atomic mass is 19.1. The molecule has 0 unspecified atom stereocenters. The van der Waals surface area contributed by atoms with Crippen LogP contribution in [0.2, 0.25) is 0 Å². The second-order valence-corrected chi connectivity index (χ2v) is 3.85. The van der Waals surface area contributed by atoms with Crippen molar-refractivity contribution < 1.29 is 14.3 Å². The van der Waals surface area contributed by atoms with Crippen molar-refractivity contribution in [2.45, 2.75) is 19.3 Å². The van der Waals surface area contributed by atoms with Crippen LogP contribution >= 0.6 is 0 Å². The molecule has 0 spiro atoms. The van der Waals surface area contributed by atoms with Crippen LogP contribution in [0.1, 0.15) is 19.3 Å². The average Bonchev–Trinajstić information content (AvgIpc) is 2.30. The predicted molar refractivity (Wildman–Crippen MR) is 63.1 cm³/mol. The van der Waals surface area contributed by atoms with E-state index in [0.29, 0.717) is 19.3 Å². The molecule has 17 heavy (non-hydrogen) atoms. The number of carbonyl (C=O) groups excluding carboxylic acids is 1. The number of aliphatic hydroxyl groups excluding tert-OH is 1. The number of carbonyl (C=O) groups is 1. The van der Waals surface area contributed by atoms with Crippen LogP contribution in [0.4, 0.5) is 10.1 Å². The molecule has 2 rings (SSSR count). The summed E-state index contributed by atoms with van der Waals surface area (Å²) in [6.07, 6.45) is 2.78. The molecule has 0 amide bonds. The number of ketones is 1. The van der Waals surface area contributed by atoms with Gasteiger partial charge in [0.25, 0.3) is 0 Å². The van der Waals surface area contributed by atoms with Crippen molar-refractivity contribution in [1.29, 1.82) is 0 Å². The zero-order valence-electron chi connectivity index (χ0n) is 9.19. The number of para-hydroxylation sites is 1. The van der Waals surface area contributed by atoms with Crippen molar-refractivity contribution in [3.8, 4) is 0 Å². The van der Waals surface area contributed by atoms with E-state index in [-0.39, 0.29) is 22.8 Å². The summed E-state index contributed by atoms with van der Waals surface area (Å²) in [5, 5.41) is 9.56. The molecule has 0 saturated heterocycles. The lowest BCUT2D eigenvalue weighted by Gasteiger charge is -2.11. The van der Waals surface area contributed by atoms with Crippen LogP contribution in [0, 0.1) is 5.82 Å². The summed E-state index contributed by atoms with van der Waals surface area (Å²) in [7, 11) is 0. The number of nitrogens with zero attached hydrogens (tertiary/aromatic N) is 1. The number of halogens is 1. The molecule has 1 aliphatic carbocycles. The Bertz CT molecular complexity index is 506. The molecule has 0 fully saturated rings. The van der Waals surface area contributed by atoms with Crippen molar-refractivity contribution in [1.82, 2.24) is 0 Å². The molecule has 0 bridgehead atoms. The van der Waals surface area contributed by atoms with Crippen molar-refractivity contribution >= 4 is 17.7 Å². The normalized spacial score (nSPS) is 16.9. The fraction of sp³-hybridized carbons (Fsp3) is 0.231. The number of hydrogen-bond acceptors (Lipinski definition) is 3. The average molecular weight is 233 g/mol. The van der Waals surface area contributed by atoms with Gasteiger partial charge < -0.3 is 5.11 Å². The molecule has 0 saturated carbocycles. The molecule has 1 aromatic rings. The van der Waals surface area contributed by atoms with Gasteiger partial charge in [-0.1, -0.05) is 12.1 Å². The van der Waals surface area contributed by atoms with E-state index >= 15 is 0 Å². The first kappa shape index (κ1) is 11.5. The third-order valence-corrected chi connectivity index (χ3v) is 2.61. The van der Waals surface area contributed by atoms with Crippen molar-refractivity contribution in [3.63, 3.8) is 0 Å². The summed E-state index contributed by atoms with van der Waals surface area (Å²) in [5.41, 5.74) is 0.352. The molecule has 1 aliphatic rings. The molecule has 0 aliphatic heterocycles. The van der Waals surface area contributed by atoms with E-state index in [1.54, 1.807) is 12.1 Å². The SMILES string of the molecule is O=C1CCCC(O)=C1C=Nc1ccccc1F. The number of benzene rings is 1. The Morgan fingerprint density at radius 3 is 2.76 bits per heavy atom. The van der Waals surface area contributed by atoms with E-state index in [2.05, 4.69) is 4.99 Å². The van der Waals surface area contributed by atoms with Crippen LogP contribution in [-0.2, 0) is 4.79 Å². The lowest BCUT2D eigenvalue weighted by Crippen LogP contribution is -2.12. The lowest BCUT2D eigenvalue weighted by molar-refractivity contribution is -0.115. The summed E-state index contributed by atoms with van der Waals surface area (Å²) in [6.45, 7) is 0. The van der Waals surface area contributed by atoms with Crippen LogP contribution < -0.4 is 0 Å². The monoisotopic (exact) mass is 233 g/mol. The molecular formula is C13H12FNO2. The highest BCUT2D eigenvalue weighted by Crippen LogP contribution is 2.21. The summed E-state index contributed by atoms with van der Waals surface area (Å²) in [6, 6.07) is 6.03. The number of Topliss-reactive ketones (excluding diaryl/α,β-unsaturated/α-hetero) is 1. The Kier molecular flexibility index (Phi) is 3.32. The smallest absolute Gasteiger partial charge is 0.167 e. The van der Waals surface area contributed by atoms with Crippen LogP contribution in [0.15, 0.2) is 40.6 Å². The quantitative estimate of drug-likeness (QED) is 0.798. The molecule has 1 N–H and O–H groups in total. The van der Waals surface area contributed by atoms with E-state index in [1.165, 1.54) is 18.3 Å². The third-order valence-electron chi connectivity index (χ3n) is 2.61. The maximum Gasteiger partial charge on any atom is 0.167 e. The standard InChI is InChI=1S/C13H12FNO2/c14-10-4-1-2-5-11(10)15-8-9-12(16)6-3-7-13(9)17/h1-2,4-5,8,16H,3,6-7H2. The minimum atomic E-state index is -0.452. The van der Waals surface area contributed by atoms with Gasteiger partial charge in [0.15, 0.2) is 5.78 Å². The van der Waals surface area contributed by atoms with Crippen LogP contribution in [0.3, 0.4) is 0 Å². The van der Waals surface area contributed by atoms with Gasteiger partial charge >= 0.3 is 0 Å². The summed E-state index contributed by atoms with van der Waals surface area (Å²) >= 11 is 0. The first-order chi connectivity index (χ1) is 8.18. The highest BCUT2D eigenvalue weighted by molar-refractivity contribution is 6.14. The topological polar surface area (TPSA) is 49.7 Å². The minimum Gasteiger partial charge on any atom is -0.512 e. The third kappa shape index (κ3) is 2.58. The second kappa shape index (κ2) is 4.91. The van der Waals surface area contributed by atoms with Gasteiger partial charge in [-0.05, 0) is 18.6 Å². The van der Waals surface area contributed by atoms with E-state index in [9.17, 15) is 14.3 Å². The zero-order chi connectivity index (χ0) is 12.3. The van der Waals surface area contributed by atoms with Gasteiger partial charge in [-0.2, -0.15) is 0 Å². The number of hydrogen-bond donors (Lipinski definition) is 1. The van der Waals surface area contributed by atoms with Gasteiger partial charge in [-0.25, -0.2) is 4.39 Å². The molecule has 0 radical (unpaired) electrons. The van der Waals surface area contributed by atoms with Crippen molar-refractivity contribution in [3.05, 3.63) is 41.4 Å². The molecule has 88 valence electrons. The summed E-state index contributed by atoms with van der Waals surface area (Å²) in [4.78, 5) is 15.4. The molecule has 1 aromatic carbocycles. The van der Waals surface area contributed by atoms with E-state index in [1.807, 2.05) is 0 Å².